The molecule has 1 unspecified atom stereocenters. The Morgan fingerprint density at radius 3 is 2.33 bits per heavy atom. The first kappa shape index (κ1) is 26.2. The molecule has 1 aliphatic rings. The first-order valence-electron chi connectivity index (χ1n) is 12.8. The van der Waals surface area contributed by atoms with E-state index >= 15 is 0 Å². The summed E-state index contributed by atoms with van der Waals surface area (Å²) in [4.78, 5) is 30.5. The predicted molar refractivity (Wildman–Crippen MR) is 142 cm³/mol. The summed E-state index contributed by atoms with van der Waals surface area (Å²) in [7, 11) is 0. The highest BCUT2D eigenvalue weighted by molar-refractivity contribution is 5.99. The third-order valence-corrected chi connectivity index (χ3v) is 7.50. The van der Waals surface area contributed by atoms with Crippen LogP contribution in [0, 0.1) is 11.2 Å². The lowest BCUT2D eigenvalue weighted by molar-refractivity contribution is -0.175. The zero-order valence-corrected chi connectivity index (χ0v) is 21.4. The van der Waals surface area contributed by atoms with Crippen LogP contribution < -0.4 is 0 Å². The third kappa shape index (κ3) is 4.93. The maximum atomic E-state index is 14.8. The molecule has 1 atom stereocenters. The van der Waals surface area contributed by atoms with Crippen molar-refractivity contribution in [2.45, 2.75) is 38.8 Å². The van der Waals surface area contributed by atoms with Crippen molar-refractivity contribution in [2.24, 2.45) is 5.41 Å². The summed E-state index contributed by atoms with van der Waals surface area (Å²) in [5, 5.41) is 23.7. The quantitative estimate of drug-likeness (QED) is 0.278. The minimum absolute atomic E-state index is 0.116. The Bertz CT molecular complexity index is 1470. The van der Waals surface area contributed by atoms with E-state index in [-0.39, 0.29) is 18.1 Å². The number of benzene rings is 3. The summed E-state index contributed by atoms with van der Waals surface area (Å²) in [6.45, 7) is 2.86. The van der Waals surface area contributed by atoms with E-state index in [0.29, 0.717) is 48.4 Å². The van der Waals surface area contributed by atoms with Gasteiger partial charge >= 0.3 is 11.9 Å². The SMILES string of the molecule is CCC1N(Cc2ccc(-c3noc(-c4ccc(-c5ccccc5)c(F)c4)n3)cc2)CCCC1(C(=O)O)C(=O)O. The fourth-order valence-electron chi connectivity index (χ4n) is 5.53. The summed E-state index contributed by atoms with van der Waals surface area (Å²) < 4.78 is 20.2. The molecule has 0 radical (unpaired) electrons. The smallest absolute Gasteiger partial charge is 0.322 e. The number of nitrogens with zero attached hydrogens (tertiary/aromatic N) is 3. The zero-order chi connectivity index (χ0) is 27.6. The highest BCUT2D eigenvalue weighted by Crippen LogP contribution is 2.39. The van der Waals surface area contributed by atoms with Crippen LogP contribution in [0.3, 0.4) is 0 Å². The van der Waals surface area contributed by atoms with E-state index < -0.39 is 23.4 Å². The van der Waals surface area contributed by atoms with Gasteiger partial charge in [-0.25, -0.2) is 4.39 Å². The van der Waals surface area contributed by atoms with E-state index in [1.54, 1.807) is 12.1 Å². The van der Waals surface area contributed by atoms with Gasteiger partial charge in [0.25, 0.3) is 5.89 Å². The Hall–Kier alpha value is -4.37. The minimum Gasteiger partial charge on any atom is -0.480 e. The Morgan fingerprint density at radius 1 is 1.00 bits per heavy atom. The van der Waals surface area contributed by atoms with E-state index in [1.807, 2.05) is 66.4 Å². The second kappa shape index (κ2) is 10.8. The molecule has 2 N–H and O–H groups in total. The number of likely N-dealkylation sites (tertiary alicyclic amines) is 1. The van der Waals surface area contributed by atoms with Gasteiger partial charge in [-0.05, 0) is 49.1 Å². The van der Waals surface area contributed by atoms with Gasteiger partial charge in [0.2, 0.25) is 5.82 Å². The number of aromatic nitrogens is 2. The van der Waals surface area contributed by atoms with Gasteiger partial charge < -0.3 is 14.7 Å². The van der Waals surface area contributed by atoms with Crippen LogP contribution in [0.4, 0.5) is 4.39 Å². The number of carbonyl (C=O) groups is 2. The lowest BCUT2D eigenvalue weighted by Crippen LogP contribution is -2.59. The normalized spacial score (nSPS) is 17.1. The molecule has 1 fully saturated rings. The fraction of sp³-hybridized carbons (Fsp3) is 0.267. The Balaban J connectivity index is 1.32. The van der Waals surface area contributed by atoms with Gasteiger partial charge in [0.05, 0.1) is 0 Å². The molecular formula is C30H28FN3O5. The average molecular weight is 530 g/mol. The second-order valence-electron chi connectivity index (χ2n) is 9.76. The van der Waals surface area contributed by atoms with Crippen LogP contribution in [-0.2, 0) is 16.1 Å². The minimum atomic E-state index is -1.81. The number of aliphatic carboxylic acids is 2. The Morgan fingerprint density at radius 2 is 1.69 bits per heavy atom. The molecule has 0 amide bonds. The number of halogens is 1. The van der Waals surface area contributed by atoms with E-state index in [1.165, 1.54) is 6.07 Å². The van der Waals surface area contributed by atoms with Crippen LogP contribution in [-0.4, -0.2) is 49.8 Å². The van der Waals surface area contributed by atoms with Crippen LogP contribution in [0.2, 0.25) is 0 Å². The largest absolute Gasteiger partial charge is 0.480 e. The van der Waals surface area contributed by atoms with Crippen molar-refractivity contribution in [1.29, 1.82) is 0 Å². The molecule has 1 aliphatic heterocycles. The van der Waals surface area contributed by atoms with Crippen LogP contribution in [0.25, 0.3) is 34.0 Å². The molecular weight excluding hydrogens is 501 g/mol. The van der Waals surface area contributed by atoms with E-state index in [9.17, 15) is 24.2 Å². The molecule has 39 heavy (non-hydrogen) atoms. The van der Waals surface area contributed by atoms with E-state index in [2.05, 4.69) is 10.1 Å². The molecule has 8 nitrogen and oxygen atoms in total. The summed E-state index contributed by atoms with van der Waals surface area (Å²) >= 11 is 0. The number of piperidine rings is 1. The first-order valence-corrected chi connectivity index (χ1v) is 12.8. The van der Waals surface area contributed by atoms with Crippen LogP contribution in [0.1, 0.15) is 31.7 Å². The van der Waals surface area contributed by atoms with Crippen LogP contribution in [0.15, 0.2) is 77.3 Å². The van der Waals surface area contributed by atoms with Crippen molar-refractivity contribution < 1.29 is 28.7 Å². The van der Waals surface area contributed by atoms with Gasteiger partial charge in [0.1, 0.15) is 5.82 Å². The van der Waals surface area contributed by atoms with Crippen molar-refractivity contribution in [2.75, 3.05) is 6.54 Å². The number of rotatable bonds is 8. The van der Waals surface area contributed by atoms with Crippen molar-refractivity contribution in [3.8, 4) is 34.0 Å². The molecule has 1 aromatic heterocycles. The van der Waals surface area contributed by atoms with E-state index in [4.69, 9.17) is 4.52 Å². The monoisotopic (exact) mass is 529 g/mol. The molecule has 3 aromatic carbocycles. The Kier molecular flexibility index (Phi) is 7.26. The van der Waals surface area contributed by atoms with Gasteiger partial charge in [-0.2, -0.15) is 4.98 Å². The molecule has 0 bridgehead atoms. The molecule has 1 saturated heterocycles. The lowest BCUT2D eigenvalue weighted by Gasteiger charge is -2.45. The van der Waals surface area contributed by atoms with Gasteiger partial charge in [-0.3, -0.25) is 14.5 Å². The molecule has 2 heterocycles. The average Bonchev–Trinajstić information content (AvgIpc) is 3.44. The zero-order valence-electron chi connectivity index (χ0n) is 21.4. The topological polar surface area (TPSA) is 117 Å². The van der Waals surface area contributed by atoms with Crippen molar-refractivity contribution in [3.63, 3.8) is 0 Å². The number of hydrogen-bond acceptors (Lipinski definition) is 6. The van der Waals surface area contributed by atoms with E-state index in [0.717, 1.165) is 11.1 Å². The fourth-order valence-corrected chi connectivity index (χ4v) is 5.53. The highest BCUT2D eigenvalue weighted by atomic mass is 19.1. The molecule has 0 aliphatic carbocycles. The summed E-state index contributed by atoms with van der Waals surface area (Å²) in [6.07, 6.45) is 1.02. The third-order valence-electron chi connectivity index (χ3n) is 7.50. The Labute approximate surface area is 224 Å². The van der Waals surface area contributed by atoms with Crippen molar-refractivity contribution in [1.82, 2.24) is 15.0 Å². The summed E-state index contributed by atoms with van der Waals surface area (Å²) in [6, 6.07) is 20.9. The van der Waals surface area contributed by atoms with Crippen LogP contribution >= 0.6 is 0 Å². The first-order chi connectivity index (χ1) is 18.8. The molecule has 9 heteroatoms. The second-order valence-corrected chi connectivity index (χ2v) is 9.76. The highest BCUT2D eigenvalue weighted by Gasteiger charge is 2.55. The number of carboxylic acids is 2. The number of hydrogen-bond donors (Lipinski definition) is 2. The lowest BCUT2D eigenvalue weighted by atomic mass is 9.71. The standard InChI is InChI=1S/C30H28FN3O5/c1-2-25-30(28(35)36,29(37)38)15-6-16-34(25)18-19-9-11-21(12-10-19)26-32-27(39-33-26)22-13-14-23(24(31)17-22)20-7-4-3-5-8-20/h3-5,7-14,17,25H,2,6,15-16,18H2,1H3,(H,35,36)(H,37,38). The summed E-state index contributed by atoms with van der Waals surface area (Å²) in [5.74, 6) is -2.41. The predicted octanol–water partition coefficient (Wildman–Crippen LogP) is 5.74. The van der Waals surface area contributed by atoms with Gasteiger partial charge in [0.15, 0.2) is 5.41 Å². The molecule has 5 rings (SSSR count). The van der Waals surface area contributed by atoms with Crippen molar-refractivity contribution >= 4 is 11.9 Å². The van der Waals surface area contributed by atoms with Crippen molar-refractivity contribution in [3.05, 3.63) is 84.2 Å². The maximum Gasteiger partial charge on any atom is 0.322 e. The summed E-state index contributed by atoms with van der Waals surface area (Å²) in [5.41, 5.74) is 1.53. The number of carboxylic acid groups (broad SMARTS) is 2. The van der Waals surface area contributed by atoms with Crippen LogP contribution in [0.5, 0.6) is 0 Å². The van der Waals surface area contributed by atoms with Gasteiger partial charge in [-0.1, -0.05) is 72.7 Å². The maximum absolute atomic E-state index is 14.8. The van der Waals surface area contributed by atoms with Gasteiger partial charge in [-0.15, -0.1) is 0 Å². The molecule has 4 aromatic rings. The van der Waals surface area contributed by atoms with Gasteiger partial charge in [0, 0.05) is 29.3 Å². The molecule has 200 valence electrons. The molecule has 0 saturated carbocycles. The molecule has 0 spiro atoms.